The summed E-state index contributed by atoms with van der Waals surface area (Å²) in [6.07, 6.45) is 0. The van der Waals surface area contributed by atoms with Gasteiger partial charge in [0.25, 0.3) is 0 Å². The SMILES string of the molecule is CC(C)([Si])c1cccc(C(C)(C)[Si])c1. The van der Waals surface area contributed by atoms with Gasteiger partial charge in [-0.3, -0.25) is 0 Å². The van der Waals surface area contributed by atoms with Crippen molar-refractivity contribution in [1.82, 2.24) is 0 Å². The van der Waals surface area contributed by atoms with Gasteiger partial charge in [0.1, 0.15) is 0 Å². The molecule has 0 heterocycles. The molecule has 0 aliphatic carbocycles. The molecule has 0 bridgehead atoms. The molecule has 14 heavy (non-hydrogen) atoms. The monoisotopic (exact) mass is 216 g/mol. The Morgan fingerprint density at radius 2 is 1.21 bits per heavy atom. The van der Waals surface area contributed by atoms with E-state index in [9.17, 15) is 0 Å². The molecule has 0 spiro atoms. The topological polar surface area (TPSA) is 0 Å². The number of rotatable bonds is 2. The maximum Gasteiger partial charge on any atom is 0.0370 e. The lowest BCUT2D eigenvalue weighted by atomic mass is 9.94. The number of hydrogen-bond acceptors (Lipinski definition) is 0. The van der Waals surface area contributed by atoms with Gasteiger partial charge in [-0.15, -0.1) is 0 Å². The maximum absolute atomic E-state index is 3.72. The maximum atomic E-state index is 3.72. The first kappa shape index (κ1) is 11.7. The van der Waals surface area contributed by atoms with Gasteiger partial charge in [0, 0.05) is 20.5 Å². The van der Waals surface area contributed by atoms with Gasteiger partial charge in [0.05, 0.1) is 0 Å². The highest BCUT2D eigenvalue weighted by molar-refractivity contribution is 6.16. The van der Waals surface area contributed by atoms with Crippen LogP contribution in [-0.2, 0) is 10.1 Å². The largest absolute Gasteiger partial charge is 0.0617 e. The van der Waals surface area contributed by atoms with E-state index in [4.69, 9.17) is 0 Å². The molecule has 0 nitrogen and oxygen atoms in total. The van der Waals surface area contributed by atoms with Crippen LogP contribution in [0.4, 0.5) is 0 Å². The molecule has 0 fully saturated rings. The average molecular weight is 216 g/mol. The molecule has 1 rings (SSSR count). The normalized spacial score (nSPS) is 13.0. The Kier molecular flexibility index (Phi) is 3.07. The van der Waals surface area contributed by atoms with Gasteiger partial charge >= 0.3 is 0 Å². The molecule has 0 aromatic heterocycles. The Labute approximate surface area is 94.0 Å². The van der Waals surface area contributed by atoms with Crippen LogP contribution in [0.15, 0.2) is 24.3 Å². The molecular weight excluding hydrogens is 200 g/mol. The molecular formula is C12H16Si2. The lowest BCUT2D eigenvalue weighted by Crippen LogP contribution is -2.20. The Morgan fingerprint density at radius 1 is 0.857 bits per heavy atom. The molecule has 0 saturated carbocycles. The van der Waals surface area contributed by atoms with Crippen LogP contribution in [0, 0.1) is 0 Å². The van der Waals surface area contributed by atoms with Gasteiger partial charge in [0.2, 0.25) is 0 Å². The van der Waals surface area contributed by atoms with Crippen molar-refractivity contribution in [3.05, 3.63) is 35.4 Å². The first-order chi connectivity index (χ1) is 6.21. The summed E-state index contributed by atoms with van der Waals surface area (Å²) in [4.78, 5) is 0. The molecule has 0 saturated heterocycles. The van der Waals surface area contributed by atoms with Crippen LogP contribution in [0.2, 0.25) is 0 Å². The Balaban J connectivity index is 3.15. The van der Waals surface area contributed by atoms with Crippen LogP contribution in [0.3, 0.4) is 0 Å². The highest BCUT2D eigenvalue weighted by atomic mass is 28.1. The van der Waals surface area contributed by atoms with Crippen molar-refractivity contribution in [3.63, 3.8) is 0 Å². The molecule has 72 valence electrons. The van der Waals surface area contributed by atoms with Crippen molar-refractivity contribution in [1.29, 1.82) is 0 Å². The number of benzene rings is 1. The zero-order chi connectivity index (χ0) is 11.0. The van der Waals surface area contributed by atoms with Crippen molar-refractivity contribution < 1.29 is 0 Å². The molecule has 0 aliphatic heterocycles. The van der Waals surface area contributed by atoms with Gasteiger partial charge in [0.15, 0.2) is 0 Å². The zero-order valence-electron chi connectivity index (χ0n) is 9.31. The fourth-order valence-electron chi connectivity index (χ4n) is 1.30. The van der Waals surface area contributed by atoms with Crippen LogP contribution in [0.1, 0.15) is 38.8 Å². The fourth-order valence-corrected chi connectivity index (χ4v) is 1.61. The van der Waals surface area contributed by atoms with Gasteiger partial charge in [-0.1, -0.05) is 52.0 Å². The van der Waals surface area contributed by atoms with Crippen LogP contribution < -0.4 is 0 Å². The van der Waals surface area contributed by atoms with E-state index in [-0.39, 0.29) is 10.1 Å². The minimum absolute atomic E-state index is 0.0352. The van der Waals surface area contributed by atoms with Crippen molar-refractivity contribution in [2.24, 2.45) is 0 Å². The highest BCUT2D eigenvalue weighted by Gasteiger charge is 2.18. The van der Waals surface area contributed by atoms with Crippen molar-refractivity contribution in [3.8, 4) is 0 Å². The van der Waals surface area contributed by atoms with Gasteiger partial charge in [-0.2, -0.15) is 0 Å². The molecule has 1 aromatic rings. The third kappa shape index (κ3) is 2.82. The fraction of sp³-hybridized carbons (Fsp3) is 0.500. The second-order valence-corrected chi connectivity index (χ2v) is 7.33. The molecule has 0 amide bonds. The standard InChI is InChI=1S/C12H16Si2/c1-11(2,13)9-6-5-7-10(8-9)12(3,4)14/h5-8H,1-4H3. The van der Waals surface area contributed by atoms with Gasteiger partial charge in [-0.25, -0.2) is 0 Å². The molecule has 0 N–H and O–H groups in total. The zero-order valence-corrected chi connectivity index (χ0v) is 11.3. The highest BCUT2D eigenvalue weighted by Crippen LogP contribution is 2.25. The average Bonchev–Trinajstić information content (AvgIpc) is 2.01. The predicted molar refractivity (Wildman–Crippen MR) is 64.0 cm³/mol. The van der Waals surface area contributed by atoms with E-state index in [0.717, 1.165) is 0 Å². The summed E-state index contributed by atoms with van der Waals surface area (Å²) in [5.74, 6) is 0. The van der Waals surface area contributed by atoms with Crippen LogP contribution in [0.25, 0.3) is 0 Å². The summed E-state index contributed by atoms with van der Waals surface area (Å²) in [7, 11) is 7.45. The van der Waals surface area contributed by atoms with Crippen LogP contribution >= 0.6 is 0 Å². The molecule has 0 unspecified atom stereocenters. The summed E-state index contributed by atoms with van der Waals surface area (Å²) in [6, 6.07) is 8.64. The summed E-state index contributed by atoms with van der Waals surface area (Å²) >= 11 is 0. The third-order valence-corrected chi connectivity index (χ3v) is 2.88. The second kappa shape index (κ2) is 3.67. The van der Waals surface area contributed by atoms with Gasteiger partial charge < -0.3 is 0 Å². The van der Waals surface area contributed by atoms with Crippen molar-refractivity contribution >= 4 is 20.5 Å². The van der Waals surface area contributed by atoms with E-state index in [0.29, 0.717) is 0 Å². The summed E-state index contributed by atoms with van der Waals surface area (Å²) in [6.45, 7) is 8.63. The van der Waals surface area contributed by atoms with Crippen LogP contribution in [-0.4, -0.2) is 20.5 Å². The summed E-state index contributed by atoms with van der Waals surface area (Å²) in [5.41, 5.74) is 2.61. The molecule has 2 heteroatoms. The van der Waals surface area contributed by atoms with E-state index in [1.807, 2.05) is 0 Å². The predicted octanol–water partition coefficient (Wildman–Crippen LogP) is 2.49. The first-order valence-electron chi connectivity index (χ1n) is 4.82. The minimum Gasteiger partial charge on any atom is -0.0617 e. The molecule has 1 aromatic carbocycles. The van der Waals surface area contributed by atoms with Crippen molar-refractivity contribution in [2.75, 3.05) is 0 Å². The first-order valence-corrected chi connectivity index (χ1v) is 5.82. The quantitative estimate of drug-likeness (QED) is 0.666. The van der Waals surface area contributed by atoms with E-state index in [1.54, 1.807) is 0 Å². The van der Waals surface area contributed by atoms with E-state index >= 15 is 0 Å². The van der Waals surface area contributed by atoms with E-state index in [2.05, 4.69) is 72.4 Å². The Morgan fingerprint density at radius 3 is 1.50 bits per heavy atom. The molecule has 6 radical (unpaired) electrons. The second-order valence-electron chi connectivity index (χ2n) is 4.83. The smallest absolute Gasteiger partial charge is 0.0370 e. The van der Waals surface area contributed by atoms with Crippen LogP contribution in [0.5, 0.6) is 0 Å². The summed E-state index contributed by atoms with van der Waals surface area (Å²) in [5, 5.41) is 0.0704. The minimum atomic E-state index is 0.0352. The van der Waals surface area contributed by atoms with E-state index in [1.165, 1.54) is 11.1 Å². The Bertz CT molecular complexity index is 287. The van der Waals surface area contributed by atoms with Gasteiger partial charge in [-0.05, 0) is 21.2 Å². The Hall–Kier alpha value is -0.346. The molecule has 0 atom stereocenters. The lowest BCUT2D eigenvalue weighted by molar-refractivity contribution is 0.735. The van der Waals surface area contributed by atoms with E-state index < -0.39 is 0 Å². The molecule has 0 aliphatic rings. The number of hydrogen-bond donors (Lipinski definition) is 0. The lowest BCUT2D eigenvalue weighted by Gasteiger charge is -2.24. The third-order valence-electron chi connectivity index (χ3n) is 2.31. The summed E-state index contributed by atoms with van der Waals surface area (Å²) < 4.78 is 0. The van der Waals surface area contributed by atoms with Crippen molar-refractivity contribution in [2.45, 2.75) is 37.8 Å².